The van der Waals surface area contributed by atoms with Crippen molar-refractivity contribution in [1.82, 2.24) is 4.98 Å². The molecule has 0 radical (unpaired) electrons. The van der Waals surface area contributed by atoms with Crippen molar-refractivity contribution in [3.05, 3.63) is 34.4 Å². The summed E-state index contributed by atoms with van der Waals surface area (Å²) in [5.74, 6) is 0.208. The second-order valence-electron chi connectivity index (χ2n) is 3.33. The number of nitrogens with zero attached hydrogens (tertiary/aromatic N) is 1. The molecule has 0 aliphatic rings. The van der Waals surface area contributed by atoms with E-state index in [9.17, 15) is 4.79 Å². The van der Waals surface area contributed by atoms with E-state index in [1.807, 2.05) is 6.07 Å². The summed E-state index contributed by atoms with van der Waals surface area (Å²) in [6, 6.07) is 5.25. The van der Waals surface area contributed by atoms with E-state index in [1.165, 1.54) is 7.11 Å². The van der Waals surface area contributed by atoms with Gasteiger partial charge >= 0.3 is 5.97 Å². The lowest BCUT2D eigenvalue weighted by Crippen LogP contribution is -2.03. The van der Waals surface area contributed by atoms with Crippen molar-refractivity contribution < 1.29 is 14.3 Å². The highest BCUT2D eigenvalue weighted by molar-refractivity contribution is 9.10. The second kappa shape index (κ2) is 4.71. The van der Waals surface area contributed by atoms with Crippen molar-refractivity contribution in [2.75, 3.05) is 14.2 Å². The topological polar surface area (TPSA) is 48.4 Å². The summed E-state index contributed by atoms with van der Waals surface area (Å²) < 4.78 is 10.7. The number of hydrogen-bond donors (Lipinski definition) is 0. The van der Waals surface area contributed by atoms with Gasteiger partial charge in [-0.2, -0.15) is 0 Å². The number of carbonyl (C=O) groups is 1. The number of benzene rings is 1. The number of ether oxygens (including phenoxy) is 2. The van der Waals surface area contributed by atoms with E-state index < -0.39 is 5.97 Å². The molecule has 0 fully saturated rings. The molecule has 0 amide bonds. The number of carbonyl (C=O) groups excluding carboxylic acids is 1. The molecule has 5 heteroatoms. The summed E-state index contributed by atoms with van der Waals surface area (Å²) >= 11 is 3.35. The van der Waals surface area contributed by atoms with Gasteiger partial charge in [0.1, 0.15) is 5.52 Å². The van der Waals surface area contributed by atoms with Crippen LogP contribution in [0.3, 0.4) is 0 Å². The zero-order valence-corrected chi connectivity index (χ0v) is 10.9. The van der Waals surface area contributed by atoms with Gasteiger partial charge in [-0.05, 0) is 28.1 Å². The number of esters is 1. The smallest absolute Gasteiger partial charge is 0.338 e. The van der Waals surface area contributed by atoms with Crippen molar-refractivity contribution >= 4 is 32.8 Å². The summed E-state index contributed by atoms with van der Waals surface area (Å²) in [5.41, 5.74) is 1.09. The highest BCUT2D eigenvalue weighted by Crippen LogP contribution is 2.34. The van der Waals surface area contributed by atoms with Gasteiger partial charge in [0.2, 0.25) is 0 Å². The third kappa shape index (κ3) is 1.98. The van der Waals surface area contributed by atoms with E-state index in [0.717, 1.165) is 0 Å². The molecular formula is C12H10BrNO3. The Balaban J connectivity index is 2.83. The number of pyridine rings is 1. The molecule has 1 heterocycles. The lowest BCUT2D eigenvalue weighted by molar-refractivity contribution is 0.0603. The quantitative estimate of drug-likeness (QED) is 0.800. The molecule has 0 saturated carbocycles. The second-order valence-corrected chi connectivity index (χ2v) is 4.18. The van der Waals surface area contributed by atoms with Gasteiger partial charge in [-0.15, -0.1) is 0 Å². The zero-order valence-electron chi connectivity index (χ0n) is 9.36. The highest BCUT2D eigenvalue weighted by atomic mass is 79.9. The van der Waals surface area contributed by atoms with E-state index >= 15 is 0 Å². The molecule has 0 saturated heterocycles. The van der Waals surface area contributed by atoms with Gasteiger partial charge in [0.15, 0.2) is 5.75 Å². The molecule has 88 valence electrons. The van der Waals surface area contributed by atoms with E-state index in [0.29, 0.717) is 26.7 Å². The van der Waals surface area contributed by atoms with Gasteiger partial charge in [0.25, 0.3) is 0 Å². The Kier molecular flexibility index (Phi) is 3.28. The number of halogens is 1. The molecule has 0 bridgehead atoms. The van der Waals surface area contributed by atoms with E-state index in [4.69, 9.17) is 9.47 Å². The molecule has 17 heavy (non-hydrogen) atoms. The number of hydrogen-bond acceptors (Lipinski definition) is 4. The van der Waals surface area contributed by atoms with Crippen LogP contribution < -0.4 is 4.74 Å². The van der Waals surface area contributed by atoms with Crippen molar-refractivity contribution in [2.24, 2.45) is 0 Å². The Bertz CT molecular complexity index is 583. The van der Waals surface area contributed by atoms with E-state index in [1.54, 1.807) is 25.4 Å². The fraction of sp³-hybridized carbons (Fsp3) is 0.167. The van der Waals surface area contributed by atoms with Gasteiger partial charge < -0.3 is 9.47 Å². The maximum Gasteiger partial charge on any atom is 0.338 e. The van der Waals surface area contributed by atoms with Crippen molar-refractivity contribution in [3.8, 4) is 5.75 Å². The summed E-state index contributed by atoms with van der Waals surface area (Å²) in [4.78, 5) is 15.9. The molecule has 0 aliphatic heterocycles. The summed E-state index contributed by atoms with van der Waals surface area (Å²) in [6.45, 7) is 0. The van der Waals surface area contributed by atoms with Crippen LogP contribution in [-0.2, 0) is 4.74 Å². The summed E-state index contributed by atoms with van der Waals surface area (Å²) in [7, 11) is 2.91. The van der Waals surface area contributed by atoms with Gasteiger partial charge in [-0.25, -0.2) is 4.79 Å². The first-order valence-electron chi connectivity index (χ1n) is 4.88. The predicted octanol–water partition coefficient (Wildman–Crippen LogP) is 2.79. The average Bonchev–Trinajstić information content (AvgIpc) is 2.37. The Morgan fingerprint density at radius 1 is 1.41 bits per heavy atom. The van der Waals surface area contributed by atoms with Crippen LogP contribution in [0, 0.1) is 0 Å². The molecule has 0 spiro atoms. The Labute approximate surface area is 107 Å². The van der Waals surface area contributed by atoms with Crippen molar-refractivity contribution in [1.29, 1.82) is 0 Å². The monoisotopic (exact) mass is 295 g/mol. The third-order valence-corrected chi connectivity index (χ3v) is 3.00. The van der Waals surface area contributed by atoms with E-state index in [2.05, 4.69) is 20.9 Å². The van der Waals surface area contributed by atoms with Crippen LogP contribution in [0.4, 0.5) is 0 Å². The molecule has 2 rings (SSSR count). The number of fused-ring (bicyclic) bond motifs is 1. The summed E-state index contributed by atoms with van der Waals surface area (Å²) in [6.07, 6.45) is 1.65. The molecule has 2 aromatic rings. The lowest BCUT2D eigenvalue weighted by atomic mass is 10.1. The average molecular weight is 296 g/mol. The standard InChI is InChI=1S/C12H10BrNO3/c1-16-11-9(13)6-8(12(15)17-2)7-4-3-5-14-10(7)11/h3-6H,1-2H3. The van der Waals surface area contributed by atoms with Gasteiger partial charge in [-0.3, -0.25) is 4.98 Å². The van der Waals surface area contributed by atoms with Crippen molar-refractivity contribution in [3.63, 3.8) is 0 Å². The van der Waals surface area contributed by atoms with Crippen LogP contribution in [0.1, 0.15) is 10.4 Å². The van der Waals surface area contributed by atoms with Crippen LogP contribution in [-0.4, -0.2) is 25.2 Å². The molecule has 0 aliphatic carbocycles. The Morgan fingerprint density at radius 2 is 2.18 bits per heavy atom. The van der Waals surface area contributed by atoms with Gasteiger partial charge in [-0.1, -0.05) is 6.07 Å². The fourth-order valence-corrected chi connectivity index (χ4v) is 2.24. The predicted molar refractivity (Wildman–Crippen MR) is 67.3 cm³/mol. The minimum Gasteiger partial charge on any atom is -0.493 e. The maximum atomic E-state index is 11.7. The molecule has 0 N–H and O–H groups in total. The lowest BCUT2D eigenvalue weighted by Gasteiger charge is -2.10. The first kappa shape index (κ1) is 11.9. The van der Waals surface area contributed by atoms with E-state index in [-0.39, 0.29) is 0 Å². The zero-order chi connectivity index (χ0) is 12.4. The van der Waals surface area contributed by atoms with Crippen LogP contribution in [0.25, 0.3) is 10.9 Å². The fourth-order valence-electron chi connectivity index (χ4n) is 1.66. The van der Waals surface area contributed by atoms with Crippen LogP contribution >= 0.6 is 15.9 Å². The van der Waals surface area contributed by atoms with Gasteiger partial charge in [0, 0.05) is 11.6 Å². The molecular weight excluding hydrogens is 286 g/mol. The number of aromatic nitrogens is 1. The van der Waals surface area contributed by atoms with Crippen LogP contribution in [0.2, 0.25) is 0 Å². The van der Waals surface area contributed by atoms with Gasteiger partial charge in [0.05, 0.1) is 24.3 Å². The number of methoxy groups -OCH3 is 2. The molecule has 1 aromatic carbocycles. The minimum absolute atomic E-state index is 0.397. The maximum absolute atomic E-state index is 11.7. The minimum atomic E-state index is -0.397. The molecule has 1 aromatic heterocycles. The number of rotatable bonds is 2. The molecule has 0 atom stereocenters. The highest BCUT2D eigenvalue weighted by Gasteiger charge is 2.17. The third-order valence-electron chi connectivity index (χ3n) is 2.41. The van der Waals surface area contributed by atoms with Crippen LogP contribution in [0.5, 0.6) is 5.75 Å². The SMILES string of the molecule is COC(=O)c1cc(Br)c(OC)c2ncccc12. The first-order valence-corrected chi connectivity index (χ1v) is 5.68. The largest absolute Gasteiger partial charge is 0.493 e. The van der Waals surface area contributed by atoms with Crippen LogP contribution in [0.15, 0.2) is 28.9 Å². The normalized spacial score (nSPS) is 10.3. The van der Waals surface area contributed by atoms with Crippen molar-refractivity contribution in [2.45, 2.75) is 0 Å². The summed E-state index contributed by atoms with van der Waals surface area (Å²) in [5, 5.41) is 0.708. The Morgan fingerprint density at radius 3 is 2.82 bits per heavy atom. The molecule has 0 unspecified atom stereocenters. The molecule has 4 nitrogen and oxygen atoms in total. The Hall–Kier alpha value is -1.62. The first-order chi connectivity index (χ1) is 8.19.